The molecule has 20 heavy (non-hydrogen) atoms. The van der Waals surface area contributed by atoms with Crippen LogP contribution < -0.4 is 4.80 Å². The highest BCUT2D eigenvalue weighted by Gasteiger charge is 2.09. The molecule has 0 aliphatic heterocycles. The number of nitrogens with zero attached hydrogens (tertiary/aromatic N) is 1. The minimum absolute atomic E-state index is 0.288. The van der Waals surface area contributed by atoms with Gasteiger partial charge in [0.15, 0.2) is 4.80 Å². The van der Waals surface area contributed by atoms with E-state index in [1.165, 1.54) is 23.5 Å². The van der Waals surface area contributed by atoms with Gasteiger partial charge in [0, 0.05) is 16.1 Å². The zero-order valence-corrected chi connectivity index (χ0v) is 11.9. The quantitative estimate of drug-likeness (QED) is 0.723. The van der Waals surface area contributed by atoms with E-state index >= 15 is 0 Å². The van der Waals surface area contributed by atoms with Gasteiger partial charge in [-0.2, -0.15) is 0 Å². The second kappa shape index (κ2) is 5.23. The minimum Gasteiger partial charge on any atom is -0.286 e. The molecule has 0 bridgehead atoms. The largest absolute Gasteiger partial charge is 0.286 e. The molecule has 100 valence electrons. The summed E-state index contributed by atoms with van der Waals surface area (Å²) in [5.41, 5.74) is 2.62. The molecular weight excluding hydrogens is 295 g/mol. The molecule has 0 atom stereocenters. The van der Waals surface area contributed by atoms with E-state index < -0.39 is 0 Å². The molecule has 0 amide bonds. The van der Waals surface area contributed by atoms with E-state index in [1.807, 2.05) is 29.6 Å². The fraction of sp³-hybridized carbons (Fsp3) is 0. The van der Waals surface area contributed by atoms with Crippen molar-refractivity contribution in [3.8, 4) is 16.9 Å². The Morgan fingerprint density at radius 2 is 1.65 bits per heavy atom. The fourth-order valence-corrected chi connectivity index (χ4v) is 2.89. The van der Waals surface area contributed by atoms with Crippen LogP contribution >= 0.6 is 22.9 Å². The Labute approximate surface area is 124 Å². The van der Waals surface area contributed by atoms with Gasteiger partial charge < -0.3 is 0 Å². The van der Waals surface area contributed by atoms with E-state index in [0.717, 1.165) is 16.9 Å². The summed E-state index contributed by atoms with van der Waals surface area (Å²) in [5.74, 6) is -0.288. The number of halogens is 2. The van der Waals surface area contributed by atoms with Crippen molar-refractivity contribution >= 4 is 22.9 Å². The van der Waals surface area contributed by atoms with E-state index in [0.29, 0.717) is 9.82 Å². The first kappa shape index (κ1) is 13.1. The molecule has 2 aromatic carbocycles. The number of benzene rings is 2. The number of nitrogens with one attached hydrogen (secondary N) is 1. The second-order valence-corrected chi connectivity index (χ2v) is 5.54. The van der Waals surface area contributed by atoms with Gasteiger partial charge in [-0.25, -0.2) is 4.39 Å². The normalized spacial score (nSPS) is 10.7. The van der Waals surface area contributed by atoms with Gasteiger partial charge in [0.05, 0.1) is 5.69 Å². The SMILES string of the molecule is N=c1scc(-c2ccc(Cl)cc2)n1-c1ccc(F)cc1. The second-order valence-electron chi connectivity index (χ2n) is 4.24. The monoisotopic (exact) mass is 304 g/mol. The summed E-state index contributed by atoms with van der Waals surface area (Å²) >= 11 is 7.23. The summed E-state index contributed by atoms with van der Waals surface area (Å²) in [6.07, 6.45) is 0. The van der Waals surface area contributed by atoms with Crippen molar-refractivity contribution in [3.05, 3.63) is 69.6 Å². The Balaban J connectivity index is 2.17. The highest BCUT2D eigenvalue weighted by atomic mass is 35.5. The summed E-state index contributed by atoms with van der Waals surface area (Å²) < 4.78 is 14.8. The van der Waals surface area contributed by atoms with Crippen LogP contribution in [-0.2, 0) is 0 Å². The molecule has 0 unspecified atom stereocenters. The van der Waals surface area contributed by atoms with Crippen LogP contribution in [0.3, 0.4) is 0 Å². The highest BCUT2D eigenvalue weighted by Crippen LogP contribution is 2.24. The van der Waals surface area contributed by atoms with Gasteiger partial charge in [0.1, 0.15) is 5.82 Å². The minimum atomic E-state index is -0.288. The third-order valence-electron chi connectivity index (χ3n) is 2.95. The maximum Gasteiger partial charge on any atom is 0.187 e. The predicted octanol–water partition coefficient (Wildman–Crippen LogP) is 4.48. The maximum absolute atomic E-state index is 13.0. The van der Waals surface area contributed by atoms with Gasteiger partial charge in [-0.05, 0) is 42.0 Å². The molecule has 1 heterocycles. The van der Waals surface area contributed by atoms with Crippen LogP contribution in [-0.4, -0.2) is 4.57 Å². The first-order valence-electron chi connectivity index (χ1n) is 5.92. The Morgan fingerprint density at radius 3 is 2.30 bits per heavy atom. The average Bonchev–Trinajstić information content (AvgIpc) is 2.83. The zero-order valence-electron chi connectivity index (χ0n) is 10.3. The number of hydrogen-bond donors (Lipinski definition) is 1. The van der Waals surface area contributed by atoms with Crippen LogP contribution in [0, 0.1) is 11.2 Å². The van der Waals surface area contributed by atoms with Crippen LogP contribution in [0.2, 0.25) is 5.02 Å². The Kier molecular flexibility index (Phi) is 3.42. The highest BCUT2D eigenvalue weighted by molar-refractivity contribution is 7.07. The molecule has 3 rings (SSSR count). The van der Waals surface area contributed by atoms with Crippen molar-refractivity contribution in [1.29, 1.82) is 5.41 Å². The topological polar surface area (TPSA) is 28.8 Å². The first-order valence-corrected chi connectivity index (χ1v) is 7.18. The lowest BCUT2D eigenvalue weighted by atomic mass is 10.1. The summed E-state index contributed by atoms with van der Waals surface area (Å²) in [7, 11) is 0. The maximum atomic E-state index is 13.0. The van der Waals surface area contributed by atoms with Gasteiger partial charge >= 0.3 is 0 Å². The van der Waals surface area contributed by atoms with Crippen molar-refractivity contribution in [2.45, 2.75) is 0 Å². The van der Waals surface area contributed by atoms with E-state index in [4.69, 9.17) is 17.0 Å². The van der Waals surface area contributed by atoms with Gasteiger partial charge in [-0.3, -0.25) is 9.98 Å². The molecule has 0 radical (unpaired) electrons. The van der Waals surface area contributed by atoms with Crippen LogP contribution in [0.1, 0.15) is 0 Å². The predicted molar refractivity (Wildman–Crippen MR) is 79.9 cm³/mol. The van der Waals surface area contributed by atoms with Gasteiger partial charge in [0.2, 0.25) is 0 Å². The number of rotatable bonds is 2. The summed E-state index contributed by atoms with van der Waals surface area (Å²) in [6.45, 7) is 0. The lowest BCUT2D eigenvalue weighted by molar-refractivity contribution is 0.627. The molecule has 2 nitrogen and oxygen atoms in total. The molecule has 0 fully saturated rings. The van der Waals surface area contributed by atoms with E-state index in [-0.39, 0.29) is 5.82 Å². The fourth-order valence-electron chi connectivity index (χ4n) is 1.99. The van der Waals surface area contributed by atoms with E-state index in [2.05, 4.69) is 0 Å². The third-order valence-corrected chi connectivity index (χ3v) is 3.95. The Bertz CT molecular complexity index is 788. The standard InChI is InChI=1S/C15H10ClFN2S/c16-11-3-1-10(2-4-11)14-9-20-15(18)19(14)13-7-5-12(17)6-8-13/h1-9,18H. The summed E-state index contributed by atoms with van der Waals surface area (Å²) in [5, 5.41) is 10.6. The number of thiazole rings is 1. The lowest BCUT2D eigenvalue weighted by Crippen LogP contribution is -2.12. The molecular formula is C15H10ClFN2S. The summed E-state index contributed by atoms with van der Waals surface area (Å²) in [4.78, 5) is 0.390. The van der Waals surface area contributed by atoms with Crippen LogP contribution in [0.15, 0.2) is 53.9 Å². The smallest absolute Gasteiger partial charge is 0.187 e. The molecule has 1 aromatic heterocycles. The first-order chi connectivity index (χ1) is 9.65. The van der Waals surface area contributed by atoms with Gasteiger partial charge in [0.25, 0.3) is 0 Å². The van der Waals surface area contributed by atoms with Crippen molar-refractivity contribution < 1.29 is 4.39 Å². The third kappa shape index (κ3) is 2.40. The molecule has 5 heteroatoms. The van der Waals surface area contributed by atoms with Gasteiger partial charge in [-0.1, -0.05) is 23.7 Å². The zero-order chi connectivity index (χ0) is 14.1. The molecule has 3 aromatic rings. The Morgan fingerprint density at radius 1 is 1.00 bits per heavy atom. The summed E-state index contributed by atoms with van der Waals surface area (Å²) in [6, 6.07) is 13.6. The van der Waals surface area contributed by atoms with Crippen LogP contribution in [0.25, 0.3) is 16.9 Å². The molecule has 0 saturated heterocycles. The number of hydrogen-bond acceptors (Lipinski definition) is 2. The molecule has 0 saturated carbocycles. The Hall–Kier alpha value is -1.91. The molecule has 0 spiro atoms. The van der Waals surface area contributed by atoms with Crippen LogP contribution in [0.5, 0.6) is 0 Å². The molecule has 1 N–H and O–H groups in total. The van der Waals surface area contributed by atoms with E-state index in [1.54, 1.807) is 16.7 Å². The van der Waals surface area contributed by atoms with E-state index in [9.17, 15) is 4.39 Å². The van der Waals surface area contributed by atoms with Crippen molar-refractivity contribution in [1.82, 2.24) is 4.57 Å². The van der Waals surface area contributed by atoms with Crippen molar-refractivity contribution in [2.75, 3.05) is 0 Å². The van der Waals surface area contributed by atoms with Crippen LogP contribution in [0.4, 0.5) is 4.39 Å². The van der Waals surface area contributed by atoms with Gasteiger partial charge in [-0.15, -0.1) is 11.3 Å². The average molecular weight is 305 g/mol. The van der Waals surface area contributed by atoms with Crippen molar-refractivity contribution in [3.63, 3.8) is 0 Å². The number of aromatic nitrogens is 1. The lowest BCUT2D eigenvalue weighted by Gasteiger charge is -2.09. The van der Waals surface area contributed by atoms with Crippen molar-refractivity contribution in [2.24, 2.45) is 0 Å². The molecule has 0 aliphatic rings. The molecule has 0 aliphatic carbocycles.